The first kappa shape index (κ1) is 11.1. The minimum absolute atomic E-state index is 0.315. The molecule has 0 amide bonds. The molecule has 6 heteroatoms. The Balaban J connectivity index is 2.00. The van der Waals surface area contributed by atoms with E-state index in [1.807, 2.05) is 0 Å². The second kappa shape index (κ2) is 3.86. The molecule has 0 spiro atoms. The van der Waals surface area contributed by atoms with Gasteiger partial charge in [-0.3, -0.25) is 0 Å². The van der Waals surface area contributed by atoms with Gasteiger partial charge in [0.1, 0.15) is 4.21 Å². The largest absolute Gasteiger partial charge is 0.324 e. The quantitative estimate of drug-likeness (QED) is 0.829. The van der Waals surface area contributed by atoms with Crippen molar-refractivity contribution in [1.82, 2.24) is 4.72 Å². The maximum Gasteiger partial charge on any atom is 0.250 e. The van der Waals surface area contributed by atoms with Gasteiger partial charge in [-0.2, -0.15) is 0 Å². The van der Waals surface area contributed by atoms with Gasteiger partial charge in [-0.15, -0.1) is 11.3 Å². The van der Waals surface area contributed by atoms with Gasteiger partial charge in [0, 0.05) is 12.1 Å². The highest BCUT2D eigenvalue weighted by Crippen LogP contribution is 2.28. The number of nitrogens with two attached hydrogens (primary N) is 1. The highest BCUT2D eigenvalue weighted by atomic mass is 32.2. The van der Waals surface area contributed by atoms with Crippen LogP contribution >= 0.6 is 11.3 Å². The average molecular weight is 246 g/mol. The summed E-state index contributed by atoms with van der Waals surface area (Å²) in [5.74, 6) is 0. The maximum absolute atomic E-state index is 11.7. The first-order valence-corrected chi connectivity index (χ1v) is 7.20. The Labute approximate surface area is 93.5 Å². The zero-order valence-corrected chi connectivity index (χ0v) is 9.90. The van der Waals surface area contributed by atoms with E-state index in [0.717, 1.165) is 19.3 Å². The van der Waals surface area contributed by atoms with Gasteiger partial charge in [-0.05, 0) is 30.7 Å². The molecule has 0 bridgehead atoms. The molecule has 4 nitrogen and oxygen atoms in total. The Bertz CT molecular complexity index is 421. The van der Waals surface area contributed by atoms with E-state index in [2.05, 4.69) is 4.72 Å². The van der Waals surface area contributed by atoms with Crippen molar-refractivity contribution in [2.24, 2.45) is 5.73 Å². The lowest BCUT2D eigenvalue weighted by molar-refractivity contribution is 0.251. The van der Waals surface area contributed by atoms with Crippen molar-refractivity contribution in [2.75, 3.05) is 6.54 Å². The molecule has 3 N–H and O–H groups in total. The van der Waals surface area contributed by atoms with Gasteiger partial charge in [0.25, 0.3) is 0 Å². The van der Waals surface area contributed by atoms with E-state index in [-0.39, 0.29) is 5.54 Å². The second-order valence-corrected chi connectivity index (χ2v) is 6.91. The van der Waals surface area contributed by atoms with Crippen molar-refractivity contribution in [2.45, 2.75) is 29.0 Å². The minimum Gasteiger partial charge on any atom is -0.324 e. The van der Waals surface area contributed by atoms with E-state index in [1.165, 1.54) is 11.3 Å². The number of nitrogens with one attached hydrogen (secondary N) is 1. The molecule has 0 aliphatic heterocycles. The lowest BCUT2D eigenvalue weighted by Gasteiger charge is -2.37. The Morgan fingerprint density at radius 1 is 1.53 bits per heavy atom. The molecule has 1 aliphatic carbocycles. The molecule has 1 aromatic heterocycles. The Hall–Kier alpha value is -0.430. The molecule has 1 aliphatic rings. The number of thiophene rings is 1. The fourth-order valence-electron chi connectivity index (χ4n) is 1.53. The fraction of sp³-hybridized carbons (Fsp3) is 0.556. The van der Waals surface area contributed by atoms with Crippen LogP contribution in [0.3, 0.4) is 0 Å². The number of hydrogen-bond donors (Lipinski definition) is 2. The molecular weight excluding hydrogens is 232 g/mol. The molecule has 0 saturated heterocycles. The Morgan fingerprint density at radius 2 is 2.27 bits per heavy atom. The summed E-state index contributed by atoms with van der Waals surface area (Å²) in [5, 5.41) is 1.75. The van der Waals surface area contributed by atoms with E-state index in [4.69, 9.17) is 5.73 Å². The normalized spacial score (nSPS) is 19.8. The van der Waals surface area contributed by atoms with Crippen LogP contribution in [-0.4, -0.2) is 20.5 Å². The molecule has 0 unspecified atom stereocenters. The fourth-order valence-corrected chi connectivity index (χ4v) is 3.71. The monoisotopic (exact) mass is 246 g/mol. The van der Waals surface area contributed by atoms with E-state index in [0.29, 0.717) is 10.8 Å². The van der Waals surface area contributed by atoms with Crippen LogP contribution < -0.4 is 10.5 Å². The predicted molar refractivity (Wildman–Crippen MR) is 60.3 cm³/mol. The number of rotatable bonds is 4. The van der Waals surface area contributed by atoms with E-state index < -0.39 is 10.0 Å². The van der Waals surface area contributed by atoms with Crippen LogP contribution in [0.15, 0.2) is 21.7 Å². The van der Waals surface area contributed by atoms with E-state index in [9.17, 15) is 8.42 Å². The standard InChI is InChI=1S/C9H14N2O2S2/c10-9(4-2-5-9)7-11-15(12,13)8-3-1-6-14-8/h1,3,6,11H,2,4-5,7,10H2. The van der Waals surface area contributed by atoms with Crippen LogP contribution in [-0.2, 0) is 10.0 Å². The zero-order chi connectivity index (χ0) is 10.9. The third-order valence-electron chi connectivity index (χ3n) is 2.72. The Kier molecular flexibility index (Phi) is 2.85. The van der Waals surface area contributed by atoms with E-state index in [1.54, 1.807) is 17.5 Å². The average Bonchev–Trinajstić information content (AvgIpc) is 2.65. The van der Waals surface area contributed by atoms with E-state index >= 15 is 0 Å². The maximum atomic E-state index is 11.7. The zero-order valence-electron chi connectivity index (χ0n) is 8.27. The summed E-state index contributed by atoms with van der Waals surface area (Å²) in [6.45, 7) is 0.341. The van der Waals surface area contributed by atoms with Crippen LogP contribution in [0.25, 0.3) is 0 Å². The SMILES string of the molecule is NC1(CNS(=O)(=O)c2cccs2)CCC1. The summed E-state index contributed by atoms with van der Waals surface area (Å²) in [7, 11) is -3.34. The predicted octanol–water partition coefficient (Wildman–Crippen LogP) is 0.908. The summed E-state index contributed by atoms with van der Waals surface area (Å²) in [6, 6.07) is 3.32. The van der Waals surface area contributed by atoms with Crippen LogP contribution in [0.4, 0.5) is 0 Å². The Morgan fingerprint density at radius 3 is 2.73 bits per heavy atom. The molecule has 1 heterocycles. The van der Waals surface area contributed by atoms with Gasteiger partial charge in [0.15, 0.2) is 0 Å². The minimum atomic E-state index is -3.34. The van der Waals surface area contributed by atoms with Crippen LogP contribution in [0.5, 0.6) is 0 Å². The van der Waals surface area contributed by atoms with Crippen molar-refractivity contribution in [3.8, 4) is 0 Å². The molecule has 2 rings (SSSR count). The lowest BCUT2D eigenvalue weighted by Crippen LogP contribution is -2.54. The molecule has 0 atom stereocenters. The summed E-state index contributed by atoms with van der Waals surface area (Å²) >= 11 is 1.21. The van der Waals surface area contributed by atoms with Gasteiger partial charge in [0.2, 0.25) is 10.0 Å². The van der Waals surface area contributed by atoms with Crippen molar-refractivity contribution in [3.63, 3.8) is 0 Å². The molecule has 0 radical (unpaired) electrons. The number of sulfonamides is 1. The highest BCUT2D eigenvalue weighted by Gasteiger charge is 2.33. The van der Waals surface area contributed by atoms with Crippen molar-refractivity contribution in [1.29, 1.82) is 0 Å². The molecule has 1 fully saturated rings. The molecule has 1 aromatic rings. The highest BCUT2D eigenvalue weighted by molar-refractivity contribution is 7.91. The molecule has 84 valence electrons. The van der Waals surface area contributed by atoms with Gasteiger partial charge in [0.05, 0.1) is 0 Å². The third-order valence-corrected chi connectivity index (χ3v) is 5.52. The smallest absolute Gasteiger partial charge is 0.250 e. The molecule has 0 aromatic carbocycles. The van der Waals surface area contributed by atoms with Crippen molar-refractivity contribution >= 4 is 21.4 Å². The van der Waals surface area contributed by atoms with Gasteiger partial charge >= 0.3 is 0 Å². The summed E-state index contributed by atoms with van der Waals surface area (Å²) < 4.78 is 26.4. The summed E-state index contributed by atoms with van der Waals surface area (Å²) in [5.41, 5.74) is 5.62. The first-order chi connectivity index (χ1) is 7.02. The van der Waals surface area contributed by atoms with Crippen LogP contribution in [0, 0.1) is 0 Å². The summed E-state index contributed by atoms with van der Waals surface area (Å²) in [4.78, 5) is 0. The van der Waals surface area contributed by atoms with Crippen molar-refractivity contribution < 1.29 is 8.42 Å². The van der Waals surface area contributed by atoms with Gasteiger partial charge in [-0.25, -0.2) is 13.1 Å². The van der Waals surface area contributed by atoms with Gasteiger partial charge < -0.3 is 5.73 Å². The number of hydrogen-bond acceptors (Lipinski definition) is 4. The van der Waals surface area contributed by atoms with Crippen LogP contribution in [0.1, 0.15) is 19.3 Å². The second-order valence-electron chi connectivity index (χ2n) is 3.97. The topological polar surface area (TPSA) is 72.2 Å². The summed E-state index contributed by atoms with van der Waals surface area (Å²) in [6.07, 6.45) is 2.90. The van der Waals surface area contributed by atoms with Crippen LogP contribution in [0.2, 0.25) is 0 Å². The van der Waals surface area contributed by atoms with Crippen molar-refractivity contribution in [3.05, 3.63) is 17.5 Å². The lowest BCUT2D eigenvalue weighted by atomic mass is 9.78. The first-order valence-electron chi connectivity index (χ1n) is 4.84. The third kappa shape index (κ3) is 2.39. The molecule has 1 saturated carbocycles. The van der Waals surface area contributed by atoms with Gasteiger partial charge in [-0.1, -0.05) is 6.07 Å². The molecular formula is C9H14N2O2S2. The molecule has 15 heavy (non-hydrogen) atoms.